The highest BCUT2D eigenvalue weighted by molar-refractivity contribution is 5.89. The van der Waals surface area contributed by atoms with E-state index in [0.29, 0.717) is 23.3 Å². The van der Waals surface area contributed by atoms with Gasteiger partial charge in [-0.15, -0.1) is 0 Å². The highest BCUT2D eigenvalue weighted by atomic mass is 16.5. The van der Waals surface area contributed by atoms with Gasteiger partial charge in [0.15, 0.2) is 0 Å². The molecule has 3 atom stereocenters. The molecule has 2 aliphatic rings. The van der Waals surface area contributed by atoms with Crippen LogP contribution in [0.1, 0.15) is 57.3 Å². The van der Waals surface area contributed by atoms with Crippen molar-refractivity contribution in [3.63, 3.8) is 0 Å². The molecule has 0 saturated carbocycles. The van der Waals surface area contributed by atoms with Crippen LogP contribution in [-0.2, 0) is 4.74 Å². The maximum atomic E-state index is 12.6. The Labute approximate surface area is 150 Å². The van der Waals surface area contributed by atoms with Gasteiger partial charge in [-0.2, -0.15) is 0 Å². The molecule has 1 N–H and O–H groups in total. The Bertz CT molecular complexity index is 709. The summed E-state index contributed by atoms with van der Waals surface area (Å²) in [7, 11) is 0. The molecule has 3 heteroatoms. The Morgan fingerprint density at radius 3 is 2.52 bits per heavy atom. The molecular weight excluding hydrogens is 312 g/mol. The summed E-state index contributed by atoms with van der Waals surface area (Å²) in [6.45, 7) is 8.87. The van der Waals surface area contributed by atoms with Gasteiger partial charge >= 0.3 is 5.97 Å². The van der Waals surface area contributed by atoms with Gasteiger partial charge in [-0.1, -0.05) is 36.6 Å². The van der Waals surface area contributed by atoms with E-state index < -0.39 is 0 Å². The fraction of sp³-hybridized carbons (Fsp3) is 0.500. The summed E-state index contributed by atoms with van der Waals surface area (Å²) in [5, 5.41) is 9.40. The Morgan fingerprint density at radius 2 is 1.88 bits per heavy atom. The third-order valence-corrected chi connectivity index (χ3v) is 5.87. The van der Waals surface area contributed by atoms with E-state index in [0.717, 1.165) is 19.3 Å². The third-order valence-electron chi connectivity index (χ3n) is 5.87. The molecule has 0 spiro atoms. The monoisotopic (exact) mass is 340 g/mol. The van der Waals surface area contributed by atoms with E-state index in [4.69, 9.17) is 4.74 Å². The first-order valence-corrected chi connectivity index (χ1v) is 9.22. The minimum absolute atomic E-state index is 0.0906. The van der Waals surface area contributed by atoms with E-state index in [1.54, 1.807) is 12.1 Å². The van der Waals surface area contributed by atoms with Crippen LogP contribution in [-0.4, -0.2) is 17.2 Å². The van der Waals surface area contributed by atoms with Crippen LogP contribution in [0.5, 0.6) is 5.75 Å². The number of benzene rings is 1. The number of fused-ring (bicyclic) bond motifs is 1. The molecule has 3 rings (SSSR count). The number of phenols is 1. The minimum atomic E-state index is -0.298. The molecule has 134 valence electrons. The third kappa shape index (κ3) is 3.65. The molecule has 0 saturated heterocycles. The van der Waals surface area contributed by atoms with Crippen LogP contribution < -0.4 is 0 Å². The average molecular weight is 340 g/mol. The molecular formula is C22H28O3. The number of phenolic OH excluding ortho intramolecular Hbond substituents is 1. The smallest absolute Gasteiger partial charge is 0.338 e. The lowest BCUT2D eigenvalue weighted by atomic mass is 9.81. The molecule has 0 fully saturated rings. The lowest BCUT2D eigenvalue weighted by Crippen LogP contribution is -2.31. The van der Waals surface area contributed by atoms with E-state index in [9.17, 15) is 9.90 Å². The molecule has 0 amide bonds. The Hall–Kier alpha value is -2.03. The van der Waals surface area contributed by atoms with Crippen molar-refractivity contribution in [3.05, 3.63) is 52.6 Å². The van der Waals surface area contributed by atoms with Crippen molar-refractivity contribution >= 4 is 5.97 Å². The molecule has 0 aliphatic heterocycles. The first kappa shape index (κ1) is 17.8. The van der Waals surface area contributed by atoms with Gasteiger partial charge in [-0.25, -0.2) is 4.79 Å². The standard InChI is InChI=1S/C22H28O3/c1-13(2)19-12-20-14(3)5-10-18(20)15(4)11-21(19)25-22(24)16-6-8-17(23)9-7-16/h5-9,13,19-21,23H,10-12H2,1-4H3/t19-,20+,21-/m1/s1. The SMILES string of the molecule is CC1=CCC2=C(C)C[C@@H](OC(=O)c3ccc(O)cc3)[C@@H](C(C)C)C[C@@H]12. The van der Waals surface area contributed by atoms with Crippen molar-refractivity contribution in [1.29, 1.82) is 0 Å². The van der Waals surface area contributed by atoms with Crippen molar-refractivity contribution < 1.29 is 14.6 Å². The van der Waals surface area contributed by atoms with Crippen molar-refractivity contribution in [2.45, 2.75) is 53.1 Å². The van der Waals surface area contributed by atoms with Crippen LogP contribution in [0.25, 0.3) is 0 Å². The van der Waals surface area contributed by atoms with Crippen LogP contribution in [0.2, 0.25) is 0 Å². The Morgan fingerprint density at radius 1 is 1.20 bits per heavy atom. The van der Waals surface area contributed by atoms with Crippen LogP contribution in [0, 0.1) is 17.8 Å². The Balaban J connectivity index is 1.82. The number of esters is 1. The number of carbonyl (C=O) groups excluding carboxylic acids is 1. The summed E-state index contributed by atoms with van der Waals surface area (Å²) >= 11 is 0. The van der Waals surface area contributed by atoms with E-state index in [1.807, 2.05) is 0 Å². The highest BCUT2D eigenvalue weighted by Crippen LogP contribution is 2.45. The molecule has 1 aromatic carbocycles. The van der Waals surface area contributed by atoms with Crippen molar-refractivity contribution in [2.24, 2.45) is 17.8 Å². The molecule has 1 aromatic rings. The Kier molecular flexibility index (Phi) is 5.03. The average Bonchev–Trinajstić information content (AvgIpc) is 2.85. The quantitative estimate of drug-likeness (QED) is 0.602. The maximum Gasteiger partial charge on any atom is 0.338 e. The lowest BCUT2D eigenvalue weighted by Gasteiger charge is -2.30. The van der Waals surface area contributed by atoms with Gasteiger partial charge in [0, 0.05) is 12.3 Å². The van der Waals surface area contributed by atoms with Gasteiger partial charge in [0.1, 0.15) is 11.9 Å². The zero-order valence-corrected chi connectivity index (χ0v) is 15.6. The largest absolute Gasteiger partial charge is 0.508 e. The first-order chi connectivity index (χ1) is 11.9. The molecule has 0 radical (unpaired) electrons. The molecule has 0 aromatic heterocycles. The van der Waals surface area contributed by atoms with Gasteiger partial charge < -0.3 is 9.84 Å². The number of hydrogen-bond donors (Lipinski definition) is 1. The van der Waals surface area contributed by atoms with Crippen LogP contribution in [0.4, 0.5) is 0 Å². The van der Waals surface area contributed by atoms with Crippen molar-refractivity contribution in [2.75, 3.05) is 0 Å². The maximum absolute atomic E-state index is 12.6. The number of hydrogen-bond acceptors (Lipinski definition) is 3. The normalized spacial score (nSPS) is 26.3. The van der Waals surface area contributed by atoms with Crippen molar-refractivity contribution in [3.8, 4) is 5.75 Å². The van der Waals surface area contributed by atoms with Gasteiger partial charge in [0.2, 0.25) is 0 Å². The first-order valence-electron chi connectivity index (χ1n) is 9.22. The number of rotatable bonds is 3. The molecule has 25 heavy (non-hydrogen) atoms. The van der Waals surface area contributed by atoms with E-state index in [-0.39, 0.29) is 17.8 Å². The van der Waals surface area contributed by atoms with E-state index in [1.165, 1.54) is 28.9 Å². The molecule has 2 aliphatic carbocycles. The molecule has 0 bridgehead atoms. The van der Waals surface area contributed by atoms with Gasteiger partial charge in [-0.3, -0.25) is 0 Å². The van der Waals surface area contributed by atoms with E-state index in [2.05, 4.69) is 33.8 Å². The number of aromatic hydroxyl groups is 1. The number of ether oxygens (including phenoxy) is 1. The topological polar surface area (TPSA) is 46.5 Å². The fourth-order valence-corrected chi connectivity index (χ4v) is 4.27. The highest BCUT2D eigenvalue weighted by Gasteiger charge is 2.37. The minimum Gasteiger partial charge on any atom is -0.508 e. The summed E-state index contributed by atoms with van der Waals surface area (Å²) < 4.78 is 5.97. The van der Waals surface area contributed by atoms with Gasteiger partial charge in [0.25, 0.3) is 0 Å². The molecule has 0 heterocycles. The molecule has 0 unspecified atom stereocenters. The number of allylic oxidation sites excluding steroid dienone is 3. The summed E-state index contributed by atoms with van der Waals surface area (Å²) in [5.41, 5.74) is 4.87. The lowest BCUT2D eigenvalue weighted by molar-refractivity contribution is 0.00461. The van der Waals surface area contributed by atoms with Crippen molar-refractivity contribution in [1.82, 2.24) is 0 Å². The summed E-state index contributed by atoms with van der Waals surface area (Å²) in [6, 6.07) is 6.28. The van der Waals surface area contributed by atoms with Gasteiger partial charge in [0.05, 0.1) is 5.56 Å². The second kappa shape index (κ2) is 7.07. The predicted molar refractivity (Wildman–Crippen MR) is 99.4 cm³/mol. The second-order valence-corrected chi connectivity index (χ2v) is 7.85. The second-order valence-electron chi connectivity index (χ2n) is 7.85. The van der Waals surface area contributed by atoms with Crippen LogP contribution >= 0.6 is 0 Å². The fourth-order valence-electron chi connectivity index (χ4n) is 4.27. The van der Waals surface area contributed by atoms with Crippen LogP contribution in [0.15, 0.2) is 47.1 Å². The molecule has 3 nitrogen and oxygen atoms in total. The summed E-state index contributed by atoms with van der Waals surface area (Å²) in [4.78, 5) is 12.6. The summed E-state index contributed by atoms with van der Waals surface area (Å²) in [5.74, 6) is 1.18. The van der Waals surface area contributed by atoms with Gasteiger partial charge in [-0.05, 0) is 62.8 Å². The summed E-state index contributed by atoms with van der Waals surface area (Å²) in [6.07, 6.45) is 5.18. The predicted octanol–water partition coefficient (Wildman–Crippen LogP) is 5.27. The van der Waals surface area contributed by atoms with E-state index >= 15 is 0 Å². The zero-order valence-electron chi connectivity index (χ0n) is 15.6. The zero-order chi connectivity index (χ0) is 18.1. The number of carbonyl (C=O) groups is 1. The van der Waals surface area contributed by atoms with Crippen LogP contribution in [0.3, 0.4) is 0 Å².